The molecule has 0 radical (unpaired) electrons. The first-order chi connectivity index (χ1) is 12.5. The molecule has 26 heavy (non-hydrogen) atoms. The van der Waals surface area contributed by atoms with E-state index in [0.29, 0.717) is 30.3 Å². The van der Waals surface area contributed by atoms with E-state index in [0.717, 1.165) is 21.7 Å². The van der Waals surface area contributed by atoms with Crippen molar-refractivity contribution in [1.29, 1.82) is 0 Å². The van der Waals surface area contributed by atoms with Gasteiger partial charge < -0.3 is 20.9 Å². The molecular weight excluding hydrogens is 350 g/mol. The van der Waals surface area contributed by atoms with Crippen molar-refractivity contribution < 1.29 is 14.6 Å². The first-order valence-corrected chi connectivity index (χ1v) is 9.23. The molecule has 2 aromatic rings. The van der Waals surface area contributed by atoms with Crippen molar-refractivity contribution in [2.45, 2.75) is 25.4 Å². The van der Waals surface area contributed by atoms with Crippen molar-refractivity contribution in [3.05, 3.63) is 33.6 Å². The van der Waals surface area contributed by atoms with Gasteiger partial charge in [0, 0.05) is 21.9 Å². The van der Waals surface area contributed by atoms with Crippen molar-refractivity contribution >= 4 is 17.2 Å². The number of rotatable bonds is 4. The molecule has 136 valence electrons. The number of aliphatic hydroxyl groups is 1. The number of hydrogen-bond donors (Lipinski definition) is 3. The number of amides is 1. The maximum Gasteiger partial charge on any atom is 0.277 e. The van der Waals surface area contributed by atoms with Crippen molar-refractivity contribution in [2.24, 2.45) is 5.73 Å². The summed E-state index contributed by atoms with van der Waals surface area (Å²) in [6, 6.07) is 5.59. The largest absolute Gasteiger partial charge is 0.492 e. The van der Waals surface area contributed by atoms with Crippen LogP contribution in [-0.4, -0.2) is 42.3 Å². The molecule has 0 saturated heterocycles. The summed E-state index contributed by atoms with van der Waals surface area (Å²) in [4.78, 5) is 17.0. The van der Waals surface area contributed by atoms with Gasteiger partial charge in [-0.3, -0.25) is 4.79 Å². The van der Waals surface area contributed by atoms with Crippen molar-refractivity contribution in [3.8, 4) is 28.8 Å². The molecule has 1 amide bonds. The van der Waals surface area contributed by atoms with Crippen LogP contribution in [0.2, 0.25) is 0 Å². The Morgan fingerprint density at radius 2 is 2.38 bits per heavy atom. The molecule has 0 fully saturated rings. The molecule has 0 spiro atoms. The molecule has 4 N–H and O–H groups in total. The number of benzene rings is 1. The minimum absolute atomic E-state index is 0.112. The third-order valence-corrected chi connectivity index (χ3v) is 5.39. The van der Waals surface area contributed by atoms with E-state index in [1.807, 2.05) is 32.2 Å². The van der Waals surface area contributed by atoms with Gasteiger partial charge in [-0.05, 0) is 38.2 Å². The highest BCUT2D eigenvalue weighted by Gasteiger charge is 2.26. The van der Waals surface area contributed by atoms with Crippen molar-refractivity contribution in [3.63, 3.8) is 0 Å². The molecule has 2 heterocycles. The molecule has 1 unspecified atom stereocenters. The van der Waals surface area contributed by atoms with Gasteiger partial charge in [-0.25, -0.2) is 4.98 Å². The summed E-state index contributed by atoms with van der Waals surface area (Å²) in [5, 5.41) is 13.2. The molecule has 2 atom stereocenters. The minimum Gasteiger partial charge on any atom is -0.492 e. The Morgan fingerprint density at radius 3 is 3.12 bits per heavy atom. The van der Waals surface area contributed by atoms with E-state index in [-0.39, 0.29) is 5.92 Å². The van der Waals surface area contributed by atoms with Crippen LogP contribution < -0.4 is 15.8 Å². The highest BCUT2D eigenvalue weighted by molar-refractivity contribution is 7.14. The molecule has 0 aliphatic carbocycles. The molecule has 1 aliphatic rings. The maximum absolute atomic E-state index is 11.5. The number of nitrogens with zero attached hydrogens (tertiary/aromatic N) is 1. The topological polar surface area (TPSA) is 97.5 Å². The zero-order valence-corrected chi connectivity index (χ0v) is 15.5. The zero-order valence-electron chi connectivity index (χ0n) is 14.7. The van der Waals surface area contributed by atoms with Gasteiger partial charge in [0.2, 0.25) is 0 Å². The number of primary amides is 1. The number of aromatic nitrogens is 1. The Hall–Kier alpha value is -2.40. The Labute approximate surface area is 156 Å². The number of carbonyl (C=O) groups is 1. The summed E-state index contributed by atoms with van der Waals surface area (Å²) in [6.45, 7) is 3.24. The fourth-order valence-electron chi connectivity index (χ4n) is 2.69. The van der Waals surface area contributed by atoms with E-state index >= 15 is 0 Å². The number of fused-ring (bicyclic) bond motifs is 3. The van der Waals surface area contributed by atoms with Gasteiger partial charge in [-0.1, -0.05) is 18.8 Å². The number of aliphatic hydroxyl groups excluding tert-OH is 1. The average molecular weight is 371 g/mol. The average Bonchev–Trinajstić information content (AvgIpc) is 3.04. The molecule has 1 aliphatic heterocycles. The summed E-state index contributed by atoms with van der Waals surface area (Å²) in [5.41, 5.74) is 7.68. The van der Waals surface area contributed by atoms with E-state index in [2.05, 4.69) is 22.1 Å². The molecule has 1 aromatic carbocycles. The Kier molecular flexibility index (Phi) is 5.57. The highest BCUT2D eigenvalue weighted by Crippen LogP contribution is 2.41. The van der Waals surface area contributed by atoms with Crippen molar-refractivity contribution in [1.82, 2.24) is 10.3 Å². The van der Waals surface area contributed by atoms with Crippen LogP contribution in [0.3, 0.4) is 0 Å². The fraction of sp³-hybridized carbons (Fsp3) is 0.368. The van der Waals surface area contributed by atoms with Gasteiger partial charge in [0.05, 0.1) is 12.3 Å². The second-order valence-corrected chi connectivity index (χ2v) is 7.23. The maximum atomic E-state index is 11.5. The predicted octanol–water partition coefficient (Wildman–Crippen LogP) is 1.73. The molecule has 3 rings (SSSR count). The number of thiazole rings is 1. The van der Waals surface area contributed by atoms with E-state index in [4.69, 9.17) is 10.5 Å². The highest BCUT2D eigenvalue weighted by atomic mass is 32.1. The standard InChI is InChI=1S/C19H21N3O3S/c1-11-10-25-15-6-4-12(3-5-13(23)7-8-21-2)9-14(15)16-17(11)26-19(22-16)18(20)24/h4,6,9,11,13,21,23H,7-8,10H2,1-2H3,(H2,20,24)/t11-,13?/m0/s1. The second-order valence-electron chi connectivity index (χ2n) is 6.20. The summed E-state index contributed by atoms with van der Waals surface area (Å²) in [5.74, 6) is 6.13. The first kappa shape index (κ1) is 18.4. The number of nitrogens with one attached hydrogen (secondary N) is 1. The van der Waals surface area contributed by atoms with Crippen molar-refractivity contribution in [2.75, 3.05) is 20.2 Å². The van der Waals surface area contributed by atoms with E-state index in [1.165, 1.54) is 11.3 Å². The second kappa shape index (κ2) is 7.87. The molecular formula is C19H21N3O3S. The molecule has 1 aromatic heterocycles. The molecule has 0 saturated carbocycles. The Morgan fingerprint density at radius 1 is 1.58 bits per heavy atom. The summed E-state index contributed by atoms with van der Waals surface area (Å²) < 4.78 is 5.88. The number of nitrogens with two attached hydrogens (primary N) is 1. The van der Waals surface area contributed by atoms with Crippen LogP contribution in [0.15, 0.2) is 18.2 Å². The zero-order chi connectivity index (χ0) is 18.7. The molecule has 0 bridgehead atoms. The monoisotopic (exact) mass is 371 g/mol. The Bertz CT molecular complexity index is 882. The smallest absolute Gasteiger partial charge is 0.277 e. The van der Waals surface area contributed by atoms with Gasteiger partial charge in [-0.2, -0.15) is 0 Å². The van der Waals surface area contributed by atoms with Crippen LogP contribution in [0.1, 0.15) is 39.5 Å². The van der Waals surface area contributed by atoms with Crippen LogP contribution in [0.5, 0.6) is 5.75 Å². The van der Waals surface area contributed by atoms with E-state index in [1.54, 1.807) is 0 Å². The lowest BCUT2D eigenvalue weighted by Gasteiger charge is -2.08. The van der Waals surface area contributed by atoms with Gasteiger partial charge in [0.15, 0.2) is 5.01 Å². The third-order valence-electron chi connectivity index (χ3n) is 4.09. The summed E-state index contributed by atoms with van der Waals surface area (Å²) >= 11 is 1.31. The lowest BCUT2D eigenvalue weighted by Crippen LogP contribution is -2.15. The quantitative estimate of drug-likeness (QED) is 0.711. The predicted molar refractivity (Wildman–Crippen MR) is 101 cm³/mol. The van der Waals surface area contributed by atoms with Crippen LogP contribution in [0.4, 0.5) is 0 Å². The number of hydrogen-bond acceptors (Lipinski definition) is 6. The minimum atomic E-state index is -0.686. The summed E-state index contributed by atoms with van der Waals surface area (Å²) in [7, 11) is 1.83. The lowest BCUT2D eigenvalue weighted by molar-refractivity contribution is 0.1000. The Balaban J connectivity index is 1.98. The SMILES string of the molecule is CNCCC(O)C#Cc1ccc2c(c1)-c1nc(C(N)=O)sc1[C@@H](C)CO2. The lowest BCUT2D eigenvalue weighted by atomic mass is 10.0. The van der Waals surface area contributed by atoms with Crippen LogP contribution >= 0.6 is 11.3 Å². The van der Waals surface area contributed by atoms with Crippen LogP contribution in [-0.2, 0) is 0 Å². The first-order valence-electron chi connectivity index (χ1n) is 8.41. The van der Waals surface area contributed by atoms with Gasteiger partial charge in [-0.15, -0.1) is 11.3 Å². The molecule has 6 nitrogen and oxygen atoms in total. The van der Waals surface area contributed by atoms with E-state index < -0.39 is 12.0 Å². The van der Waals surface area contributed by atoms with Crippen LogP contribution in [0, 0.1) is 11.8 Å². The fourth-order valence-corrected chi connectivity index (χ4v) is 3.66. The van der Waals surface area contributed by atoms with Crippen LogP contribution in [0.25, 0.3) is 11.3 Å². The van der Waals surface area contributed by atoms with Gasteiger partial charge >= 0.3 is 0 Å². The number of carbonyl (C=O) groups excluding carboxylic acids is 1. The van der Waals surface area contributed by atoms with Gasteiger partial charge in [0.1, 0.15) is 11.9 Å². The molecule has 7 heteroatoms. The van der Waals surface area contributed by atoms with E-state index in [9.17, 15) is 9.90 Å². The summed E-state index contributed by atoms with van der Waals surface area (Å²) in [6.07, 6.45) is -0.123. The number of ether oxygens (including phenoxy) is 1. The van der Waals surface area contributed by atoms with Gasteiger partial charge in [0.25, 0.3) is 5.91 Å². The third kappa shape index (κ3) is 3.88. The normalized spacial score (nSPS) is 16.3.